The number of aromatic nitrogens is 3. The highest BCUT2D eigenvalue weighted by molar-refractivity contribution is 5.80. The molecule has 0 aliphatic rings. The molecule has 0 amide bonds. The van der Waals surface area contributed by atoms with Crippen molar-refractivity contribution in [2.24, 2.45) is 0 Å². The molecule has 2 heterocycles. The predicted octanol–water partition coefficient (Wildman–Crippen LogP) is 2.03. The first kappa shape index (κ1) is 11.5. The summed E-state index contributed by atoms with van der Waals surface area (Å²) in [6, 6.07) is 9.34. The van der Waals surface area contributed by atoms with Crippen molar-refractivity contribution in [2.75, 3.05) is 7.11 Å². The van der Waals surface area contributed by atoms with Gasteiger partial charge in [0.2, 0.25) is 5.88 Å². The monoisotopic (exact) mass is 255 g/mol. The van der Waals surface area contributed by atoms with Crippen LogP contribution in [-0.4, -0.2) is 21.6 Å². The van der Waals surface area contributed by atoms with Crippen LogP contribution >= 0.6 is 0 Å². The molecule has 0 saturated carbocycles. The summed E-state index contributed by atoms with van der Waals surface area (Å²) in [6.45, 7) is 1.97. The lowest BCUT2D eigenvalue weighted by Crippen LogP contribution is -2.14. The highest BCUT2D eigenvalue weighted by Crippen LogP contribution is 2.18. The Morgan fingerprint density at radius 2 is 2.11 bits per heavy atom. The maximum Gasteiger partial charge on any atom is 0.331 e. The molecule has 5 heteroatoms. The number of aryl methyl sites for hydroxylation is 1. The number of H-pyrrole nitrogens is 1. The zero-order chi connectivity index (χ0) is 13.4. The molecule has 0 atom stereocenters. The predicted molar refractivity (Wildman–Crippen MR) is 73.0 cm³/mol. The van der Waals surface area contributed by atoms with E-state index < -0.39 is 0 Å². The molecule has 0 spiro atoms. The standard InChI is InChI=1S/C14H13N3O2/c1-9-4-3-5-11-13(9)16-14(18)17(11)10-6-7-12(19-2)15-8-10/h3-8H,1-2H3,(H,16,18). The summed E-state index contributed by atoms with van der Waals surface area (Å²) in [5.74, 6) is 0.521. The van der Waals surface area contributed by atoms with Gasteiger partial charge in [-0.1, -0.05) is 12.1 Å². The van der Waals surface area contributed by atoms with Crippen molar-refractivity contribution >= 4 is 11.0 Å². The molecule has 96 valence electrons. The molecule has 19 heavy (non-hydrogen) atoms. The van der Waals surface area contributed by atoms with Gasteiger partial charge in [-0.15, -0.1) is 0 Å². The maximum atomic E-state index is 12.1. The maximum absolute atomic E-state index is 12.1. The molecule has 1 N–H and O–H groups in total. The summed E-state index contributed by atoms with van der Waals surface area (Å²) in [7, 11) is 1.56. The molecule has 0 saturated heterocycles. The molecule has 0 bridgehead atoms. The van der Waals surface area contributed by atoms with Gasteiger partial charge in [0.05, 0.1) is 30.0 Å². The number of hydrogen-bond acceptors (Lipinski definition) is 3. The van der Waals surface area contributed by atoms with E-state index in [0.717, 1.165) is 16.6 Å². The van der Waals surface area contributed by atoms with Crippen LogP contribution in [0.15, 0.2) is 41.3 Å². The van der Waals surface area contributed by atoms with E-state index >= 15 is 0 Å². The lowest BCUT2D eigenvalue weighted by molar-refractivity contribution is 0.398. The summed E-state index contributed by atoms with van der Waals surface area (Å²) < 4.78 is 6.62. The van der Waals surface area contributed by atoms with Gasteiger partial charge in [0.15, 0.2) is 0 Å². The van der Waals surface area contributed by atoms with Gasteiger partial charge >= 0.3 is 5.69 Å². The van der Waals surface area contributed by atoms with Crippen LogP contribution in [0, 0.1) is 6.92 Å². The van der Waals surface area contributed by atoms with Crippen LogP contribution in [0.1, 0.15) is 5.56 Å². The van der Waals surface area contributed by atoms with E-state index in [4.69, 9.17) is 4.74 Å². The van der Waals surface area contributed by atoms with E-state index in [1.54, 1.807) is 23.9 Å². The van der Waals surface area contributed by atoms with Gasteiger partial charge in [0.25, 0.3) is 0 Å². The van der Waals surface area contributed by atoms with Crippen LogP contribution in [0.5, 0.6) is 5.88 Å². The lowest BCUT2D eigenvalue weighted by Gasteiger charge is -2.04. The Labute approximate surface area is 109 Å². The Balaban J connectivity index is 2.27. The topological polar surface area (TPSA) is 59.9 Å². The number of imidazole rings is 1. The van der Waals surface area contributed by atoms with Crippen molar-refractivity contribution in [1.82, 2.24) is 14.5 Å². The van der Waals surface area contributed by atoms with E-state index in [-0.39, 0.29) is 5.69 Å². The Morgan fingerprint density at radius 3 is 2.79 bits per heavy atom. The normalized spacial score (nSPS) is 10.8. The number of hydrogen-bond donors (Lipinski definition) is 1. The number of benzene rings is 1. The molecule has 0 aliphatic carbocycles. The van der Waals surface area contributed by atoms with Gasteiger partial charge in [-0.2, -0.15) is 0 Å². The first-order valence-corrected chi connectivity index (χ1v) is 5.91. The second-order valence-electron chi connectivity index (χ2n) is 4.29. The Morgan fingerprint density at radius 1 is 1.26 bits per heavy atom. The number of para-hydroxylation sites is 1. The van der Waals surface area contributed by atoms with E-state index in [9.17, 15) is 4.79 Å². The number of aromatic amines is 1. The van der Waals surface area contributed by atoms with Gasteiger partial charge < -0.3 is 9.72 Å². The number of nitrogens with one attached hydrogen (secondary N) is 1. The van der Waals surface area contributed by atoms with Gasteiger partial charge in [-0.3, -0.25) is 4.57 Å². The smallest absolute Gasteiger partial charge is 0.331 e. The molecule has 0 fully saturated rings. The van der Waals surface area contributed by atoms with Crippen molar-refractivity contribution in [3.05, 3.63) is 52.6 Å². The third-order valence-corrected chi connectivity index (χ3v) is 3.11. The fourth-order valence-electron chi connectivity index (χ4n) is 2.16. The van der Waals surface area contributed by atoms with Crippen LogP contribution < -0.4 is 10.4 Å². The molecular formula is C14H13N3O2. The first-order chi connectivity index (χ1) is 9.20. The molecule has 2 aromatic heterocycles. The van der Waals surface area contributed by atoms with Gasteiger partial charge in [0.1, 0.15) is 0 Å². The minimum Gasteiger partial charge on any atom is -0.481 e. The number of nitrogens with zero attached hydrogens (tertiary/aromatic N) is 2. The van der Waals surface area contributed by atoms with Crippen molar-refractivity contribution in [3.63, 3.8) is 0 Å². The zero-order valence-electron chi connectivity index (χ0n) is 10.7. The SMILES string of the molecule is COc1ccc(-n2c(=O)[nH]c3c(C)cccc32)cn1. The Kier molecular flexibility index (Phi) is 2.59. The third kappa shape index (κ3) is 1.79. The summed E-state index contributed by atoms with van der Waals surface area (Å²) in [5.41, 5.74) is 3.27. The molecule has 0 aliphatic heterocycles. The molecule has 0 unspecified atom stereocenters. The van der Waals surface area contributed by atoms with E-state index in [0.29, 0.717) is 11.6 Å². The van der Waals surface area contributed by atoms with Crippen LogP contribution in [0.3, 0.4) is 0 Å². The van der Waals surface area contributed by atoms with E-state index in [1.165, 1.54) is 0 Å². The third-order valence-electron chi connectivity index (χ3n) is 3.11. The number of ether oxygens (including phenoxy) is 1. The van der Waals surface area contributed by atoms with Crippen LogP contribution in [0.4, 0.5) is 0 Å². The van der Waals surface area contributed by atoms with E-state index in [2.05, 4.69) is 9.97 Å². The van der Waals surface area contributed by atoms with Crippen molar-refractivity contribution in [3.8, 4) is 11.6 Å². The molecule has 3 rings (SSSR count). The minimum absolute atomic E-state index is 0.170. The fraction of sp³-hybridized carbons (Fsp3) is 0.143. The van der Waals surface area contributed by atoms with Crippen molar-refractivity contribution in [2.45, 2.75) is 6.92 Å². The molecule has 3 aromatic rings. The summed E-state index contributed by atoms with van der Waals surface area (Å²) >= 11 is 0. The second kappa shape index (κ2) is 4.28. The van der Waals surface area contributed by atoms with Gasteiger partial charge in [-0.05, 0) is 24.6 Å². The Hall–Kier alpha value is -2.56. The van der Waals surface area contributed by atoms with E-state index in [1.807, 2.05) is 31.2 Å². The molecule has 0 radical (unpaired) electrons. The fourth-order valence-corrected chi connectivity index (χ4v) is 2.16. The number of fused-ring (bicyclic) bond motifs is 1. The highest BCUT2D eigenvalue weighted by Gasteiger charge is 2.10. The van der Waals surface area contributed by atoms with Gasteiger partial charge in [0, 0.05) is 6.07 Å². The minimum atomic E-state index is -0.170. The molecule has 1 aromatic carbocycles. The Bertz CT molecular complexity index is 785. The first-order valence-electron chi connectivity index (χ1n) is 5.91. The highest BCUT2D eigenvalue weighted by atomic mass is 16.5. The summed E-state index contributed by atoms with van der Waals surface area (Å²) in [4.78, 5) is 19.1. The van der Waals surface area contributed by atoms with Crippen LogP contribution in [-0.2, 0) is 0 Å². The summed E-state index contributed by atoms with van der Waals surface area (Å²) in [5, 5.41) is 0. The van der Waals surface area contributed by atoms with Crippen molar-refractivity contribution < 1.29 is 4.74 Å². The van der Waals surface area contributed by atoms with Crippen molar-refractivity contribution in [1.29, 1.82) is 0 Å². The molecule has 5 nitrogen and oxygen atoms in total. The number of rotatable bonds is 2. The lowest BCUT2D eigenvalue weighted by atomic mass is 10.2. The number of methoxy groups -OCH3 is 1. The van der Waals surface area contributed by atoms with Crippen LogP contribution in [0.2, 0.25) is 0 Å². The number of pyridine rings is 1. The molecular weight excluding hydrogens is 242 g/mol. The van der Waals surface area contributed by atoms with Gasteiger partial charge in [-0.25, -0.2) is 9.78 Å². The zero-order valence-corrected chi connectivity index (χ0v) is 10.7. The van der Waals surface area contributed by atoms with Crippen LogP contribution in [0.25, 0.3) is 16.7 Å². The average molecular weight is 255 g/mol. The largest absolute Gasteiger partial charge is 0.481 e. The average Bonchev–Trinajstić information content (AvgIpc) is 2.77. The second-order valence-corrected chi connectivity index (χ2v) is 4.29. The quantitative estimate of drug-likeness (QED) is 0.762. The summed E-state index contributed by atoms with van der Waals surface area (Å²) in [6.07, 6.45) is 1.62.